The van der Waals surface area contributed by atoms with Crippen LogP contribution in [0.5, 0.6) is 0 Å². The maximum absolute atomic E-state index is 13.8. The molecular weight excluding hydrogens is 478 g/mol. The number of carbonyl (C=O) groups excluding carboxylic acids is 3. The first-order valence-corrected chi connectivity index (χ1v) is 12.4. The second-order valence-electron chi connectivity index (χ2n) is 9.67. The number of benzene rings is 2. The van der Waals surface area contributed by atoms with Gasteiger partial charge in [-0.3, -0.25) is 14.4 Å². The van der Waals surface area contributed by atoms with Gasteiger partial charge in [0.1, 0.15) is 11.2 Å². The van der Waals surface area contributed by atoms with E-state index in [2.05, 4.69) is 10.3 Å². The quantitative estimate of drug-likeness (QED) is 0.532. The fraction of sp³-hybridized carbons (Fsp3) is 0.333. The van der Waals surface area contributed by atoms with Gasteiger partial charge in [0.05, 0.1) is 12.9 Å². The molecule has 0 saturated heterocycles. The number of aromatic nitrogens is 2. The lowest BCUT2D eigenvalue weighted by atomic mass is 9.93. The van der Waals surface area contributed by atoms with Crippen molar-refractivity contribution >= 4 is 29.3 Å². The standard InChI is InChI=1S/C27H28ClN5O3/c1-27(26(36)29-14-19-10-6-7-11-21(19)28)16-32-17-30-22(23(32)25(35)33(27)20-12-13-20)24(34)31(2)15-18-8-4-3-5-9-18/h3-11,17,20H,12-16H2,1-2H3,(H,29,36)/t27-/m0/s1. The van der Waals surface area contributed by atoms with Crippen molar-refractivity contribution in [3.63, 3.8) is 0 Å². The Labute approximate surface area is 214 Å². The molecule has 9 heteroatoms. The summed E-state index contributed by atoms with van der Waals surface area (Å²) in [6.07, 6.45) is 3.13. The Morgan fingerprint density at radius 1 is 1.14 bits per heavy atom. The number of nitrogens with zero attached hydrogens (tertiary/aromatic N) is 4. The van der Waals surface area contributed by atoms with E-state index in [0.29, 0.717) is 11.6 Å². The van der Waals surface area contributed by atoms with E-state index in [4.69, 9.17) is 11.6 Å². The monoisotopic (exact) mass is 505 g/mol. The molecule has 0 unspecified atom stereocenters. The van der Waals surface area contributed by atoms with Crippen LogP contribution in [0.4, 0.5) is 0 Å². The van der Waals surface area contributed by atoms with Crippen molar-refractivity contribution in [1.82, 2.24) is 24.7 Å². The van der Waals surface area contributed by atoms with E-state index in [0.717, 1.165) is 24.0 Å². The number of rotatable bonds is 7. The average Bonchev–Trinajstić information content (AvgIpc) is 3.61. The van der Waals surface area contributed by atoms with Gasteiger partial charge in [0, 0.05) is 31.2 Å². The highest BCUT2D eigenvalue weighted by molar-refractivity contribution is 6.31. The van der Waals surface area contributed by atoms with E-state index in [-0.39, 0.29) is 48.2 Å². The molecule has 2 heterocycles. The Morgan fingerprint density at radius 2 is 1.83 bits per heavy atom. The van der Waals surface area contributed by atoms with Crippen LogP contribution in [0, 0.1) is 0 Å². The van der Waals surface area contributed by atoms with Crippen molar-refractivity contribution in [1.29, 1.82) is 0 Å². The molecule has 1 aromatic heterocycles. The summed E-state index contributed by atoms with van der Waals surface area (Å²) in [5.41, 5.74) is 1.01. The molecular formula is C27H28ClN5O3. The van der Waals surface area contributed by atoms with E-state index < -0.39 is 5.54 Å². The number of hydrogen-bond donors (Lipinski definition) is 1. The molecule has 3 amide bonds. The van der Waals surface area contributed by atoms with Crippen LogP contribution in [0.2, 0.25) is 5.02 Å². The van der Waals surface area contributed by atoms with Crippen molar-refractivity contribution in [2.45, 2.75) is 51.0 Å². The first-order valence-electron chi connectivity index (χ1n) is 12.0. The molecule has 2 aliphatic rings. The van der Waals surface area contributed by atoms with Crippen LogP contribution in [0.3, 0.4) is 0 Å². The van der Waals surface area contributed by atoms with Crippen LogP contribution in [0.15, 0.2) is 60.9 Å². The van der Waals surface area contributed by atoms with Crippen molar-refractivity contribution in [3.8, 4) is 0 Å². The lowest BCUT2D eigenvalue weighted by Gasteiger charge is -2.44. The third-order valence-electron chi connectivity index (χ3n) is 6.88. The van der Waals surface area contributed by atoms with Crippen molar-refractivity contribution in [2.24, 2.45) is 0 Å². The summed E-state index contributed by atoms with van der Waals surface area (Å²) in [6.45, 7) is 2.64. The lowest BCUT2D eigenvalue weighted by Crippen LogP contribution is -2.64. The third kappa shape index (κ3) is 4.37. The Hall–Kier alpha value is -3.65. The second kappa shape index (κ2) is 9.43. The number of nitrogens with one attached hydrogen (secondary N) is 1. The molecule has 1 N–H and O–H groups in total. The fourth-order valence-electron chi connectivity index (χ4n) is 4.83. The van der Waals surface area contributed by atoms with Gasteiger partial charge in [0.25, 0.3) is 11.8 Å². The first kappa shape index (κ1) is 24.1. The normalized spacial score (nSPS) is 19.1. The van der Waals surface area contributed by atoms with E-state index in [1.165, 1.54) is 6.33 Å². The second-order valence-corrected chi connectivity index (χ2v) is 10.1. The number of imidazole rings is 1. The zero-order valence-electron chi connectivity index (χ0n) is 20.3. The largest absolute Gasteiger partial charge is 0.350 e. The molecule has 1 aliphatic heterocycles. The van der Waals surface area contributed by atoms with Crippen LogP contribution in [-0.2, 0) is 24.4 Å². The van der Waals surface area contributed by atoms with Gasteiger partial charge in [0.2, 0.25) is 5.91 Å². The Kier molecular flexibility index (Phi) is 6.30. The first-order chi connectivity index (χ1) is 17.3. The molecule has 5 rings (SSSR count). The summed E-state index contributed by atoms with van der Waals surface area (Å²) in [5.74, 6) is -0.937. The van der Waals surface area contributed by atoms with E-state index in [9.17, 15) is 14.4 Å². The SMILES string of the molecule is CN(Cc1ccccc1)C(=O)c1ncn2c1C(=O)N(C1CC1)[C@](C)(C(=O)NCc1ccccc1Cl)C2. The van der Waals surface area contributed by atoms with Crippen LogP contribution in [-0.4, -0.2) is 55.7 Å². The molecule has 1 fully saturated rings. The van der Waals surface area contributed by atoms with Crippen molar-refractivity contribution in [3.05, 3.63) is 88.5 Å². The molecule has 36 heavy (non-hydrogen) atoms. The van der Waals surface area contributed by atoms with Gasteiger partial charge in [0.15, 0.2) is 5.69 Å². The predicted octanol–water partition coefficient (Wildman–Crippen LogP) is 3.50. The smallest absolute Gasteiger partial charge is 0.274 e. The summed E-state index contributed by atoms with van der Waals surface area (Å²) < 4.78 is 1.64. The summed E-state index contributed by atoms with van der Waals surface area (Å²) in [5, 5.41) is 3.53. The maximum atomic E-state index is 13.8. The molecule has 8 nitrogen and oxygen atoms in total. The molecule has 0 radical (unpaired) electrons. The molecule has 0 bridgehead atoms. The maximum Gasteiger partial charge on any atom is 0.274 e. The van der Waals surface area contributed by atoms with Gasteiger partial charge in [-0.2, -0.15) is 0 Å². The minimum Gasteiger partial charge on any atom is -0.350 e. The predicted molar refractivity (Wildman–Crippen MR) is 135 cm³/mol. The minimum atomic E-state index is -1.12. The van der Waals surface area contributed by atoms with Crippen LogP contribution in [0.1, 0.15) is 51.9 Å². The molecule has 3 aromatic rings. The molecule has 2 aromatic carbocycles. The average molecular weight is 506 g/mol. The highest BCUT2D eigenvalue weighted by Crippen LogP contribution is 2.39. The number of carbonyl (C=O) groups is 3. The van der Waals surface area contributed by atoms with Gasteiger partial charge in [-0.05, 0) is 37.0 Å². The minimum absolute atomic E-state index is 0.0396. The van der Waals surface area contributed by atoms with Gasteiger partial charge in [-0.15, -0.1) is 0 Å². The van der Waals surface area contributed by atoms with E-state index >= 15 is 0 Å². The molecule has 1 saturated carbocycles. The lowest BCUT2D eigenvalue weighted by molar-refractivity contribution is -0.133. The molecule has 1 aliphatic carbocycles. The number of amides is 3. The van der Waals surface area contributed by atoms with Gasteiger partial charge >= 0.3 is 0 Å². The highest BCUT2D eigenvalue weighted by atomic mass is 35.5. The Bertz CT molecular complexity index is 1320. The fourth-order valence-corrected chi connectivity index (χ4v) is 5.03. The zero-order valence-corrected chi connectivity index (χ0v) is 21.0. The molecule has 1 atom stereocenters. The summed E-state index contributed by atoms with van der Waals surface area (Å²) in [6, 6.07) is 16.9. The highest BCUT2D eigenvalue weighted by Gasteiger charge is 2.53. The van der Waals surface area contributed by atoms with Gasteiger partial charge in [-0.1, -0.05) is 60.1 Å². The van der Waals surface area contributed by atoms with Crippen molar-refractivity contribution in [2.75, 3.05) is 7.05 Å². The van der Waals surface area contributed by atoms with Crippen LogP contribution in [0.25, 0.3) is 0 Å². The summed E-state index contributed by atoms with van der Waals surface area (Å²) in [4.78, 5) is 48.1. The zero-order chi connectivity index (χ0) is 25.4. The summed E-state index contributed by atoms with van der Waals surface area (Å²) in [7, 11) is 1.69. The molecule has 186 valence electrons. The number of fused-ring (bicyclic) bond motifs is 1. The number of halogens is 1. The van der Waals surface area contributed by atoms with Crippen molar-refractivity contribution < 1.29 is 14.4 Å². The Balaban J connectivity index is 1.40. The van der Waals surface area contributed by atoms with Gasteiger partial charge < -0.3 is 19.7 Å². The topological polar surface area (TPSA) is 87.5 Å². The molecule has 0 spiro atoms. The van der Waals surface area contributed by atoms with Crippen LogP contribution < -0.4 is 5.32 Å². The summed E-state index contributed by atoms with van der Waals surface area (Å²) >= 11 is 6.25. The van der Waals surface area contributed by atoms with E-state index in [1.807, 2.05) is 48.5 Å². The van der Waals surface area contributed by atoms with Crippen LogP contribution >= 0.6 is 11.6 Å². The number of hydrogen-bond acceptors (Lipinski definition) is 4. The van der Waals surface area contributed by atoms with Gasteiger partial charge in [-0.25, -0.2) is 4.98 Å². The third-order valence-corrected chi connectivity index (χ3v) is 7.25. The van der Waals surface area contributed by atoms with E-state index in [1.54, 1.807) is 34.4 Å². The Morgan fingerprint density at radius 3 is 2.53 bits per heavy atom.